The maximum Gasteiger partial charge on any atom is 0.255 e. The smallest absolute Gasteiger partial charge is 0.255 e. The van der Waals surface area contributed by atoms with Crippen molar-refractivity contribution in [1.82, 2.24) is 14.8 Å². The molecule has 0 spiro atoms. The lowest BCUT2D eigenvalue weighted by Gasteiger charge is -2.32. The molecule has 0 saturated carbocycles. The molecule has 2 rings (SSSR count). The van der Waals surface area contributed by atoms with Crippen LogP contribution in [0.2, 0.25) is 5.15 Å². The average Bonchev–Trinajstić information content (AvgIpc) is 2.33. The highest BCUT2D eigenvalue weighted by molar-refractivity contribution is 9.10. The molecule has 1 amide bonds. The number of aromatic nitrogens is 1. The normalized spacial score (nSPS) is 17.2. The third kappa shape index (κ3) is 2.97. The number of likely N-dealkylation sites (N-methyl/N-ethyl adjacent to an activating group) is 1. The van der Waals surface area contributed by atoms with Crippen molar-refractivity contribution in [3.05, 3.63) is 27.5 Å². The first-order chi connectivity index (χ1) is 8.08. The van der Waals surface area contributed by atoms with Crippen LogP contribution >= 0.6 is 27.5 Å². The van der Waals surface area contributed by atoms with E-state index in [2.05, 4.69) is 32.9 Å². The van der Waals surface area contributed by atoms with Gasteiger partial charge in [-0.3, -0.25) is 4.79 Å². The Morgan fingerprint density at radius 1 is 1.41 bits per heavy atom. The third-order valence-electron chi connectivity index (χ3n) is 2.83. The SMILES string of the molecule is CN1CCN(C(=O)c2cnc(Cl)c(Br)c2)CC1. The average molecular weight is 319 g/mol. The Balaban J connectivity index is 2.11. The number of carbonyl (C=O) groups excluding carboxylic acids is 1. The van der Waals surface area contributed by atoms with Crippen LogP contribution in [0.25, 0.3) is 0 Å². The minimum atomic E-state index is 0.0166. The van der Waals surface area contributed by atoms with E-state index >= 15 is 0 Å². The van der Waals surface area contributed by atoms with Crippen molar-refractivity contribution in [2.24, 2.45) is 0 Å². The van der Waals surface area contributed by atoms with Crippen molar-refractivity contribution in [2.75, 3.05) is 33.2 Å². The highest BCUT2D eigenvalue weighted by atomic mass is 79.9. The standard InChI is InChI=1S/C11H13BrClN3O/c1-15-2-4-16(5-3-15)11(17)8-6-9(12)10(13)14-7-8/h6-7H,2-5H2,1H3. The van der Waals surface area contributed by atoms with Crippen molar-refractivity contribution in [1.29, 1.82) is 0 Å². The molecule has 17 heavy (non-hydrogen) atoms. The van der Waals surface area contributed by atoms with Gasteiger partial charge in [0, 0.05) is 32.4 Å². The number of halogens is 2. The van der Waals surface area contributed by atoms with Gasteiger partial charge >= 0.3 is 0 Å². The fourth-order valence-corrected chi connectivity index (χ4v) is 2.18. The van der Waals surface area contributed by atoms with Gasteiger partial charge < -0.3 is 9.80 Å². The van der Waals surface area contributed by atoms with Crippen molar-refractivity contribution >= 4 is 33.4 Å². The second kappa shape index (κ2) is 5.33. The van der Waals surface area contributed by atoms with Gasteiger partial charge in [0.05, 0.1) is 10.0 Å². The molecule has 4 nitrogen and oxygen atoms in total. The van der Waals surface area contributed by atoms with Gasteiger partial charge in [0.15, 0.2) is 0 Å². The second-order valence-electron chi connectivity index (χ2n) is 4.09. The van der Waals surface area contributed by atoms with Gasteiger partial charge in [0.1, 0.15) is 5.15 Å². The van der Waals surface area contributed by atoms with Crippen LogP contribution in [0.15, 0.2) is 16.7 Å². The van der Waals surface area contributed by atoms with Gasteiger partial charge in [-0.2, -0.15) is 0 Å². The predicted octanol–water partition coefficient (Wildman–Crippen LogP) is 1.89. The van der Waals surface area contributed by atoms with E-state index < -0.39 is 0 Å². The maximum absolute atomic E-state index is 12.2. The summed E-state index contributed by atoms with van der Waals surface area (Å²) in [6.07, 6.45) is 1.52. The Bertz CT molecular complexity index is 433. The van der Waals surface area contributed by atoms with Crippen LogP contribution in [-0.2, 0) is 0 Å². The molecule has 0 aliphatic carbocycles. The molecule has 0 bridgehead atoms. The number of pyridine rings is 1. The van der Waals surface area contributed by atoms with Gasteiger partial charge in [-0.25, -0.2) is 4.98 Å². The summed E-state index contributed by atoms with van der Waals surface area (Å²) < 4.78 is 0.652. The predicted molar refractivity (Wildman–Crippen MR) is 70.3 cm³/mol. The van der Waals surface area contributed by atoms with Crippen LogP contribution < -0.4 is 0 Å². The van der Waals surface area contributed by atoms with E-state index in [4.69, 9.17) is 11.6 Å². The lowest BCUT2D eigenvalue weighted by Crippen LogP contribution is -2.47. The van der Waals surface area contributed by atoms with Crippen molar-refractivity contribution in [3.8, 4) is 0 Å². The zero-order valence-electron chi connectivity index (χ0n) is 9.49. The number of hydrogen-bond acceptors (Lipinski definition) is 3. The molecule has 1 aromatic rings. The molecule has 1 aromatic heterocycles. The van der Waals surface area contributed by atoms with E-state index in [0.717, 1.165) is 26.2 Å². The Hall–Kier alpha value is -0.650. The fourth-order valence-electron chi connectivity index (χ4n) is 1.73. The molecule has 0 atom stereocenters. The number of carbonyl (C=O) groups is 1. The molecule has 0 radical (unpaired) electrons. The Morgan fingerprint density at radius 2 is 2.06 bits per heavy atom. The number of hydrogen-bond donors (Lipinski definition) is 0. The molecule has 6 heteroatoms. The monoisotopic (exact) mass is 317 g/mol. The maximum atomic E-state index is 12.2. The van der Waals surface area contributed by atoms with Gasteiger partial charge in [-0.15, -0.1) is 0 Å². The summed E-state index contributed by atoms with van der Waals surface area (Å²) in [4.78, 5) is 20.2. The van der Waals surface area contributed by atoms with Gasteiger partial charge in [-0.1, -0.05) is 11.6 Å². The van der Waals surface area contributed by atoms with Crippen LogP contribution in [0.4, 0.5) is 0 Å². The van der Waals surface area contributed by atoms with Crippen molar-refractivity contribution < 1.29 is 4.79 Å². The summed E-state index contributed by atoms with van der Waals surface area (Å²) in [5, 5.41) is 0.375. The lowest BCUT2D eigenvalue weighted by atomic mass is 10.2. The Labute approximate surface area is 114 Å². The molecular weight excluding hydrogens is 305 g/mol. The summed E-state index contributed by atoms with van der Waals surface area (Å²) >= 11 is 9.08. The zero-order chi connectivity index (χ0) is 12.4. The quantitative estimate of drug-likeness (QED) is 0.742. The molecule has 1 aliphatic rings. The van der Waals surface area contributed by atoms with Crippen molar-refractivity contribution in [3.63, 3.8) is 0 Å². The van der Waals surface area contributed by atoms with E-state index in [1.807, 2.05) is 4.90 Å². The van der Waals surface area contributed by atoms with Crippen molar-refractivity contribution in [2.45, 2.75) is 0 Å². The van der Waals surface area contributed by atoms with Gasteiger partial charge in [0.2, 0.25) is 0 Å². The van der Waals surface area contributed by atoms with E-state index in [-0.39, 0.29) is 5.91 Å². The summed E-state index contributed by atoms with van der Waals surface area (Å²) in [6.45, 7) is 3.34. The molecular formula is C11H13BrClN3O. The molecule has 0 unspecified atom stereocenters. The van der Waals surface area contributed by atoms with E-state index in [1.54, 1.807) is 6.07 Å². The lowest BCUT2D eigenvalue weighted by molar-refractivity contribution is 0.0663. The van der Waals surface area contributed by atoms with Crippen LogP contribution in [0.1, 0.15) is 10.4 Å². The summed E-state index contributed by atoms with van der Waals surface area (Å²) in [5.41, 5.74) is 0.575. The highest BCUT2D eigenvalue weighted by Gasteiger charge is 2.20. The molecule has 1 saturated heterocycles. The summed E-state index contributed by atoms with van der Waals surface area (Å²) in [5.74, 6) is 0.0166. The first kappa shape index (κ1) is 12.8. The summed E-state index contributed by atoms with van der Waals surface area (Å²) in [6, 6.07) is 1.72. The molecule has 0 N–H and O–H groups in total. The van der Waals surface area contributed by atoms with Crippen LogP contribution in [0.3, 0.4) is 0 Å². The number of rotatable bonds is 1. The van der Waals surface area contributed by atoms with E-state index in [0.29, 0.717) is 15.2 Å². The first-order valence-corrected chi connectivity index (χ1v) is 6.54. The van der Waals surface area contributed by atoms with Crippen LogP contribution in [-0.4, -0.2) is 53.9 Å². The highest BCUT2D eigenvalue weighted by Crippen LogP contribution is 2.21. The topological polar surface area (TPSA) is 36.4 Å². The Kier molecular flexibility index (Phi) is 4.01. The molecule has 2 heterocycles. The number of amides is 1. The molecule has 1 fully saturated rings. The minimum absolute atomic E-state index is 0.0166. The molecule has 0 aromatic carbocycles. The summed E-state index contributed by atoms with van der Waals surface area (Å²) in [7, 11) is 2.06. The van der Waals surface area contributed by atoms with Gasteiger partial charge in [-0.05, 0) is 29.0 Å². The van der Waals surface area contributed by atoms with Crippen LogP contribution in [0.5, 0.6) is 0 Å². The van der Waals surface area contributed by atoms with Crippen LogP contribution in [0, 0.1) is 0 Å². The minimum Gasteiger partial charge on any atom is -0.336 e. The van der Waals surface area contributed by atoms with E-state index in [9.17, 15) is 4.79 Å². The third-order valence-corrected chi connectivity index (χ3v) is 3.97. The fraction of sp³-hybridized carbons (Fsp3) is 0.455. The van der Waals surface area contributed by atoms with Gasteiger partial charge in [0.25, 0.3) is 5.91 Å². The Morgan fingerprint density at radius 3 is 2.65 bits per heavy atom. The largest absolute Gasteiger partial charge is 0.336 e. The molecule has 92 valence electrons. The first-order valence-electron chi connectivity index (χ1n) is 5.37. The number of piperazine rings is 1. The zero-order valence-corrected chi connectivity index (χ0v) is 11.8. The van der Waals surface area contributed by atoms with E-state index in [1.165, 1.54) is 6.20 Å². The molecule has 1 aliphatic heterocycles. The second-order valence-corrected chi connectivity index (χ2v) is 5.30. The number of nitrogens with zero attached hydrogens (tertiary/aromatic N) is 3.